The number of ether oxygens (including phenoxy) is 1. The van der Waals surface area contributed by atoms with E-state index >= 15 is 0 Å². The average molecular weight is 261 g/mol. The monoisotopic (exact) mass is 261 g/mol. The van der Waals surface area contributed by atoms with Gasteiger partial charge in [-0.05, 0) is 12.0 Å². The van der Waals surface area contributed by atoms with Gasteiger partial charge in [-0.15, -0.1) is 0 Å². The van der Waals surface area contributed by atoms with E-state index in [2.05, 4.69) is 5.32 Å². The minimum absolute atomic E-state index is 0.0875. The van der Waals surface area contributed by atoms with Crippen LogP contribution in [0.3, 0.4) is 0 Å². The fraction of sp³-hybridized carbons (Fsp3) is 0.357. The number of nitrogens with one attached hydrogen (secondary N) is 1. The van der Waals surface area contributed by atoms with Gasteiger partial charge >= 0.3 is 5.97 Å². The summed E-state index contributed by atoms with van der Waals surface area (Å²) in [5.74, 6) is -1.83. The van der Waals surface area contributed by atoms with Crippen LogP contribution in [0.25, 0.3) is 0 Å². The number of hydrogen-bond donors (Lipinski definition) is 1. The second-order valence-electron chi connectivity index (χ2n) is 4.41. The number of carbonyl (C=O) groups is 3. The molecule has 1 unspecified atom stereocenters. The van der Waals surface area contributed by atoms with Crippen molar-refractivity contribution < 1.29 is 19.1 Å². The van der Waals surface area contributed by atoms with Gasteiger partial charge in [-0.3, -0.25) is 19.7 Å². The molecule has 1 aliphatic rings. The van der Waals surface area contributed by atoms with Gasteiger partial charge in [0.25, 0.3) is 5.91 Å². The summed E-state index contributed by atoms with van der Waals surface area (Å²) < 4.78 is 5.13. The smallest absolute Gasteiger partial charge is 0.314 e. The van der Waals surface area contributed by atoms with Crippen LogP contribution < -0.4 is 5.32 Å². The maximum atomic E-state index is 12.1. The molecule has 5 nitrogen and oxygen atoms in total. The van der Waals surface area contributed by atoms with Gasteiger partial charge in [0.1, 0.15) is 0 Å². The zero-order chi connectivity index (χ0) is 13.8. The molecule has 0 radical (unpaired) electrons. The van der Waals surface area contributed by atoms with Crippen LogP contribution in [0.4, 0.5) is 0 Å². The Morgan fingerprint density at radius 2 is 2.05 bits per heavy atom. The van der Waals surface area contributed by atoms with E-state index in [1.165, 1.54) is 0 Å². The second kappa shape index (κ2) is 5.65. The van der Waals surface area contributed by atoms with E-state index in [-0.39, 0.29) is 6.42 Å². The molecule has 5 heteroatoms. The molecule has 1 aromatic carbocycles. The lowest BCUT2D eigenvalue weighted by molar-refractivity contribution is -0.155. The number of carbonyl (C=O) groups excluding carboxylic acids is 3. The fourth-order valence-corrected chi connectivity index (χ4v) is 2.07. The Hall–Kier alpha value is -2.17. The van der Waals surface area contributed by atoms with Crippen molar-refractivity contribution in [2.45, 2.75) is 31.8 Å². The molecule has 1 aliphatic heterocycles. The SMILES string of the molecule is CCC(C(=O)O[C@@H]1CC(=O)NC1=O)c1ccccc1. The van der Waals surface area contributed by atoms with Gasteiger partial charge in [-0.2, -0.15) is 0 Å². The van der Waals surface area contributed by atoms with Crippen LogP contribution in [-0.2, 0) is 19.1 Å². The molecular formula is C14H15NO4. The Morgan fingerprint density at radius 1 is 1.37 bits per heavy atom. The van der Waals surface area contributed by atoms with Crippen LogP contribution >= 0.6 is 0 Å². The average Bonchev–Trinajstić information content (AvgIpc) is 2.70. The first kappa shape index (κ1) is 13.3. The quantitative estimate of drug-likeness (QED) is 0.651. The van der Waals surface area contributed by atoms with E-state index < -0.39 is 29.8 Å². The highest BCUT2D eigenvalue weighted by Gasteiger charge is 2.35. The third-order valence-corrected chi connectivity index (χ3v) is 3.08. The molecule has 1 N–H and O–H groups in total. The Balaban J connectivity index is 2.06. The highest BCUT2D eigenvalue weighted by atomic mass is 16.5. The lowest BCUT2D eigenvalue weighted by Gasteiger charge is -2.16. The molecular weight excluding hydrogens is 246 g/mol. The first-order valence-electron chi connectivity index (χ1n) is 6.21. The number of hydrogen-bond acceptors (Lipinski definition) is 4. The standard InChI is InChI=1S/C14H15NO4/c1-2-10(9-6-4-3-5-7-9)14(18)19-11-8-12(16)15-13(11)17/h3-7,10-11H,2,8H2,1H3,(H,15,16,17)/t10?,11-/m1/s1. The van der Waals surface area contributed by atoms with Crippen LogP contribution in [0.1, 0.15) is 31.2 Å². The molecule has 1 saturated heterocycles. The highest BCUT2D eigenvalue weighted by molar-refractivity contribution is 6.05. The van der Waals surface area contributed by atoms with Gasteiger partial charge in [0.15, 0.2) is 6.10 Å². The van der Waals surface area contributed by atoms with E-state index in [9.17, 15) is 14.4 Å². The van der Waals surface area contributed by atoms with Crippen molar-refractivity contribution in [1.82, 2.24) is 5.32 Å². The molecule has 2 atom stereocenters. The van der Waals surface area contributed by atoms with Crippen molar-refractivity contribution >= 4 is 17.8 Å². The van der Waals surface area contributed by atoms with E-state index in [1.807, 2.05) is 37.3 Å². The minimum Gasteiger partial charge on any atom is -0.451 e. The van der Waals surface area contributed by atoms with Crippen molar-refractivity contribution in [3.8, 4) is 0 Å². The molecule has 2 rings (SSSR count). The van der Waals surface area contributed by atoms with Crippen LogP contribution in [0.2, 0.25) is 0 Å². The van der Waals surface area contributed by atoms with Crippen molar-refractivity contribution in [1.29, 1.82) is 0 Å². The molecule has 100 valence electrons. The molecule has 0 bridgehead atoms. The highest BCUT2D eigenvalue weighted by Crippen LogP contribution is 2.22. The zero-order valence-electron chi connectivity index (χ0n) is 10.6. The third kappa shape index (κ3) is 2.99. The Kier molecular flexibility index (Phi) is 3.94. The molecule has 0 saturated carbocycles. The Labute approximate surface area is 110 Å². The van der Waals surface area contributed by atoms with Gasteiger partial charge in [0.05, 0.1) is 12.3 Å². The predicted molar refractivity (Wildman–Crippen MR) is 67.1 cm³/mol. The molecule has 2 amide bonds. The van der Waals surface area contributed by atoms with Crippen molar-refractivity contribution in [2.24, 2.45) is 0 Å². The number of imide groups is 1. The van der Waals surface area contributed by atoms with Crippen molar-refractivity contribution in [3.63, 3.8) is 0 Å². The van der Waals surface area contributed by atoms with E-state index in [4.69, 9.17) is 4.74 Å². The summed E-state index contributed by atoms with van der Waals surface area (Å²) in [5.41, 5.74) is 0.847. The van der Waals surface area contributed by atoms with E-state index in [0.717, 1.165) is 5.56 Å². The normalized spacial score (nSPS) is 19.9. The molecule has 0 aromatic heterocycles. The van der Waals surface area contributed by atoms with E-state index in [1.54, 1.807) is 0 Å². The van der Waals surface area contributed by atoms with Gasteiger partial charge in [-0.25, -0.2) is 0 Å². The summed E-state index contributed by atoms with van der Waals surface area (Å²) in [6.07, 6.45) is -0.501. The van der Waals surface area contributed by atoms with Gasteiger partial charge in [-0.1, -0.05) is 37.3 Å². The fourth-order valence-electron chi connectivity index (χ4n) is 2.07. The summed E-state index contributed by atoms with van der Waals surface area (Å²) in [6, 6.07) is 9.24. The summed E-state index contributed by atoms with van der Waals surface area (Å²) in [6.45, 7) is 1.87. The van der Waals surface area contributed by atoms with Gasteiger partial charge < -0.3 is 4.74 Å². The Bertz CT molecular complexity index is 497. The summed E-state index contributed by atoms with van der Waals surface area (Å²) in [7, 11) is 0. The lowest BCUT2D eigenvalue weighted by Crippen LogP contribution is -2.30. The maximum Gasteiger partial charge on any atom is 0.314 e. The first-order valence-corrected chi connectivity index (χ1v) is 6.21. The van der Waals surface area contributed by atoms with Crippen LogP contribution in [0.15, 0.2) is 30.3 Å². The number of amides is 2. The number of benzene rings is 1. The minimum atomic E-state index is -0.988. The van der Waals surface area contributed by atoms with Crippen molar-refractivity contribution in [2.75, 3.05) is 0 Å². The van der Waals surface area contributed by atoms with Crippen LogP contribution in [-0.4, -0.2) is 23.9 Å². The molecule has 19 heavy (non-hydrogen) atoms. The topological polar surface area (TPSA) is 72.5 Å². The lowest BCUT2D eigenvalue weighted by atomic mass is 9.97. The van der Waals surface area contributed by atoms with E-state index in [0.29, 0.717) is 6.42 Å². The first-order chi connectivity index (χ1) is 9.11. The van der Waals surface area contributed by atoms with Crippen molar-refractivity contribution in [3.05, 3.63) is 35.9 Å². The summed E-state index contributed by atoms with van der Waals surface area (Å²) in [4.78, 5) is 34.5. The Morgan fingerprint density at radius 3 is 2.58 bits per heavy atom. The second-order valence-corrected chi connectivity index (χ2v) is 4.41. The number of rotatable bonds is 4. The van der Waals surface area contributed by atoms with Gasteiger partial charge in [0, 0.05) is 0 Å². The zero-order valence-corrected chi connectivity index (χ0v) is 10.6. The third-order valence-electron chi connectivity index (χ3n) is 3.08. The molecule has 0 spiro atoms. The number of esters is 1. The largest absolute Gasteiger partial charge is 0.451 e. The summed E-state index contributed by atoms with van der Waals surface area (Å²) >= 11 is 0. The molecule has 1 fully saturated rings. The van der Waals surface area contributed by atoms with Gasteiger partial charge in [0.2, 0.25) is 5.91 Å². The molecule has 1 aromatic rings. The molecule has 0 aliphatic carbocycles. The molecule has 1 heterocycles. The van der Waals surface area contributed by atoms with Crippen LogP contribution in [0.5, 0.6) is 0 Å². The predicted octanol–water partition coefficient (Wildman–Crippen LogP) is 1.14. The maximum absolute atomic E-state index is 12.1. The summed E-state index contributed by atoms with van der Waals surface area (Å²) in [5, 5.41) is 2.11. The van der Waals surface area contributed by atoms with Crippen LogP contribution in [0, 0.1) is 0 Å².